The molecule has 0 aliphatic heterocycles. The van der Waals surface area contributed by atoms with Crippen LogP contribution >= 0.6 is 0 Å². The number of rotatable bonds is 6. The van der Waals surface area contributed by atoms with Crippen LogP contribution in [-0.4, -0.2) is 27.8 Å². The minimum atomic E-state index is 0.122. The predicted molar refractivity (Wildman–Crippen MR) is 70.2 cm³/mol. The molecule has 4 heteroatoms. The Morgan fingerprint density at radius 3 is 2.94 bits per heavy atom. The summed E-state index contributed by atoms with van der Waals surface area (Å²) < 4.78 is 2.19. The van der Waals surface area contributed by atoms with Crippen molar-refractivity contribution in [2.75, 3.05) is 18.5 Å². The van der Waals surface area contributed by atoms with Gasteiger partial charge < -0.3 is 15.0 Å². The van der Waals surface area contributed by atoms with Crippen LogP contribution in [0.2, 0.25) is 0 Å². The van der Waals surface area contributed by atoms with Gasteiger partial charge in [-0.1, -0.05) is 25.5 Å². The van der Waals surface area contributed by atoms with Crippen molar-refractivity contribution in [3.8, 4) is 0 Å². The van der Waals surface area contributed by atoms with E-state index in [0.29, 0.717) is 6.54 Å². The number of benzene rings is 1. The van der Waals surface area contributed by atoms with Crippen molar-refractivity contribution in [2.45, 2.75) is 26.3 Å². The van der Waals surface area contributed by atoms with Gasteiger partial charge in [-0.3, -0.25) is 0 Å². The Kier molecular flexibility index (Phi) is 3.98. The van der Waals surface area contributed by atoms with Gasteiger partial charge in [0.15, 0.2) is 0 Å². The summed E-state index contributed by atoms with van der Waals surface area (Å²) in [6, 6.07) is 8.13. The lowest BCUT2D eigenvalue weighted by molar-refractivity contribution is 0.310. The maximum absolute atomic E-state index is 8.87. The molecule has 0 bridgehead atoms. The highest BCUT2D eigenvalue weighted by molar-refractivity contribution is 5.78. The second kappa shape index (κ2) is 5.68. The molecule has 92 valence electrons. The quantitative estimate of drug-likeness (QED) is 0.804. The van der Waals surface area contributed by atoms with Crippen molar-refractivity contribution in [2.24, 2.45) is 0 Å². The van der Waals surface area contributed by atoms with Gasteiger partial charge in [-0.05, 0) is 18.6 Å². The Labute approximate surface area is 101 Å². The Morgan fingerprint density at radius 1 is 1.35 bits per heavy atom. The zero-order valence-corrected chi connectivity index (χ0v) is 10.2. The second-order valence-corrected chi connectivity index (χ2v) is 4.08. The Morgan fingerprint density at radius 2 is 2.18 bits per heavy atom. The van der Waals surface area contributed by atoms with E-state index >= 15 is 0 Å². The average molecular weight is 233 g/mol. The number of imidazole rings is 1. The largest absolute Gasteiger partial charge is 0.395 e. The number of hydrogen-bond donors (Lipinski definition) is 2. The molecule has 0 amide bonds. The standard InChI is InChI=1S/C13H19N3O/c1-2-3-9-16-12-7-5-4-6-11(12)15-13(16)14-8-10-17/h4-7,17H,2-3,8-10H2,1H3,(H,14,15). The topological polar surface area (TPSA) is 50.1 Å². The summed E-state index contributed by atoms with van der Waals surface area (Å²) in [5.41, 5.74) is 2.16. The number of nitrogens with zero attached hydrogens (tertiary/aromatic N) is 2. The third-order valence-electron chi connectivity index (χ3n) is 2.78. The van der Waals surface area contributed by atoms with Crippen LogP contribution in [0.3, 0.4) is 0 Å². The SMILES string of the molecule is CCCCn1c(NCCO)nc2ccccc21. The van der Waals surface area contributed by atoms with E-state index in [9.17, 15) is 0 Å². The van der Waals surface area contributed by atoms with E-state index in [-0.39, 0.29) is 6.61 Å². The van der Waals surface area contributed by atoms with Crippen LogP contribution in [0.15, 0.2) is 24.3 Å². The van der Waals surface area contributed by atoms with Crippen LogP contribution < -0.4 is 5.32 Å². The van der Waals surface area contributed by atoms with E-state index in [1.165, 1.54) is 0 Å². The molecule has 0 unspecified atom stereocenters. The molecule has 0 fully saturated rings. The van der Waals surface area contributed by atoms with Crippen molar-refractivity contribution in [1.82, 2.24) is 9.55 Å². The first-order chi connectivity index (χ1) is 8.36. The summed E-state index contributed by atoms with van der Waals surface area (Å²) in [7, 11) is 0. The van der Waals surface area contributed by atoms with Crippen LogP contribution in [0.1, 0.15) is 19.8 Å². The molecule has 1 aromatic heterocycles. The van der Waals surface area contributed by atoms with Crippen LogP contribution in [-0.2, 0) is 6.54 Å². The number of aromatic nitrogens is 2. The summed E-state index contributed by atoms with van der Waals surface area (Å²) in [6.45, 7) is 3.80. The summed E-state index contributed by atoms with van der Waals surface area (Å²) in [5.74, 6) is 0.855. The number of fused-ring (bicyclic) bond motifs is 1. The highest BCUT2D eigenvalue weighted by Crippen LogP contribution is 2.20. The Hall–Kier alpha value is -1.55. The van der Waals surface area contributed by atoms with Crippen LogP contribution in [0.4, 0.5) is 5.95 Å². The predicted octanol–water partition coefficient (Wildman–Crippen LogP) is 2.24. The van der Waals surface area contributed by atoms with Gasteiger partial charge in [-0.25, -0.2) is 4.98 Å². The van der Waals surface area contributed by atoms with Gasteiger partial charge >= 0.3 is 0 Å². The van der Waals surface area contributed by atoms with E-state index in [0.717, 1.165) is 36.4 Å². The molecule has 17 heavy (non-hydrogen) atoms. The minimum absolute atomic E-state index is 0.122. The van der Waals surface area contributed by atoms with Gasteiger partial charge in [0.1, 0.15) is 0 Å². The molecule has 0 atom stereocenters. The molecule has 2 rings (SSSR count). The smallest absolute Gasteiger partial charge is 0.203 e. The highest BCUT2D eigenvalue weighted by atomic mass is 16.3. The Balaban J connectivity index is 2.34. The van der Waals surface area contributed by atoms with Gasteiger partial charge in [0.2, 0.25) is 5.95 Å². The normalized spacial score (nSPS) is 10.9. The molecule has 2 aromatic rings. The fourth-order valence-corrected chi connectivity index (χ4v) is 1.92. The Bertz CT molecular complexity index is 478. The fraction of sp³-hybridized carbons (Fsp3) is 0.462. The molecule has 0 aliphatic carbocycles. The maximum Gasteiger partial charge on any atom is 0.203 e. The van der Waals surface area contributed by atoms with Crippen molar-refractivity contribution in [3.63, 3.8) is 0 Å². The molecule has 1 aromatic carbocycles. The second-order valence-electron chi connectivity index (χ2n) is 4.08. The molecule has 4 nitrogen and oxygen atoms in total. The molecule has 0 spiro atoms. The van der Waals surface area contributed by atoms with Gasteiger partial charge in [0.25, 0.3) is 0 Å². The highest BCUT2D eigenvalue weighted by Gasteiger charge is 2.08. The zero-order valence-electron chi connectivity index (χ0n) is 10.2. The van der Waals surface area contributed by atoms with Crippen molar-refractivity contribution in [3.05, 3.63) is 24.3 Å². The van der Waals surface area contributed by atoms with Gasteiger partial charge in [0.05, 0.1) is 17.6 Å². The summed E-state index contributed by atoms with van der Waals surface area (Å²) >= 11 is 0. The molecule has 2 N–H and O–H groups in total. The average Bonchev–Trinajstić information content (AvgIpc) is 2.71. The molecule has 0 saturated carbocycles. The van der Waals surface area contributed by atoms with E-state index < -0.39 is 0 Å². The van der Waals surface area contributed by atoms with E-state index in [4.69, 9.17) is 5.11 Å². The first-order valence-electron chi connectivity index (χ1n) is 6.16. The summed E-state index contributed by atoms with van der Waals surface area (Å²) in [6.07, 6.45) is 2.29. The number of anilines is 1. The molecule has 0 saturated heterocycles. The minimum Gasteiger partial charge on any atom is -0.395 e. The number of aryl methyl sites for hydroxylation is 1. The van der Waals surface area contributed by atoms with Crippen molar-refractivity contribution < 1.29 is 5.11 Å². The van der Waals surface area contributed by atoms with E-state index in [2.05, 4.69) is 27.9 Å². The van der Waals surface area contributed by atoms with Gasteiger partial charge in [-0.2, -0.15) is 0 Å². The van der Waals surface area contributed by atoms with Gasteiger partial charge in [-0.15, -0.1) is 0 Å². The number of aliphatic hydroxyl groups excluding tert-OH is 1. The third kappa shape index (κ3) is 2.58. The first kappa shape index (κ1) is 11.9. The number of aliphatic hydroxyl groups is 1. The number of para-hydroxylation sites is 2. The maximum atomic E-state index is 8.87. The first-order valence-corrected chi connectivity index (χ1v) is 6.16. The van der Waals surface area contributed by atoms with Gasteiger partial charge in [0, 0.05) is 13.1 Å². The third-order valence-corrected chi connectivity index (χ3v) is 2.78. The molecular formula is C13H19N3O. The molecule has 0 radical (unpaired) electrons. The van der Waals surface area contributed by atoms with E-state index in [1.54, 1.807) is 0 Å². The summed E-state index contributed by atoms with van der Waals surface area (Å²) in [5, 5.41) is 12.0. The molecule has 1 heterocycles. The van der Waals surface area contributed by atoms with E-state index in [1.807, 2.05) is 18.2 Å². The number of nitrogens with one attached hydrogen (secondary N) is 1. The number of unbranched alkanes of at least 4 members (excludes halogenated alkanes) is 1. The lowest BCUT2D eigenvalue weighted by Gasteiger charge is -2.09. The lowest BCUT2D eigenvalue weighted by atomic mass is 10.3. The lowest BCUT2D eigenvalue weighted by Crippen LogP contribution is -2.11. The van der Waals surface area contributed by atoms with Crippen molar-refractivity contribution in [1.29, 1.82) is 0 Å². The van der Waals surface area contributed by atoms with Crippen LogP contribution in [0, 0.1) is 0 Å². The number of hydrogen-bond acceptors (Lipinski definition) is 3. The molecule has 0 aliphatic rings. The van der Waals surface area contributed by atoms with Crippen LogP contribution in [0.5, 0.6) is 0 Å². The summed E-state index contributed by atoms with van der Waals surface area (Å²) in [4.78, 5) is 4.54. The zero-order chi connectivity index (χ0) is 12.1. The molecular weight excluding hydrogens is 214 g/mol. The van der Waals surface area contributed by atoms with Crippen molar-refractivity contribution >= 4 is 17.0 Å². The fourth-order valence-electron chi connectivity index (χ4n) is 1.92. The monoisotopic (exact) mass is 233 g/mol. The van der Waals surface area contributed by atoms with Crippen LogP contribution in [0.25, 0.3) is 11.0 Å².